The summed E-state index contributed by atoms with van der Waals surface area (Å²) in [6, 6.07) is 7.05. The number of hydrogen-bond acceptors (Lipinski definition) is 2. The summed E-state index contributed by atoms with van der Waals surface area (Å²) in [5.41, 5.74) is 0.148. The van der Waals surface area contributed by atoms with Gasteiger partial charge in [-0.25, -0.2) is 8.78 Å². The summed E-state index contributed by atoms with van der Waals surface area (Å²) in [5.74, 6) is -2.39. The molecule has 0 fully saturated rings. The quantitative estimate of drug-likeness (QED) is 0.602. The number of rotatable bonds is 2. The highest BCUT2D eigenvalue weighted by atomic mass is 35.5. The van der Waals surface area contributed by atoms with Crippen LogP contribution in [0, 0.1) is 11.6 Å². The maximum absolute atomic E-state index is 13.2. The second-order valence-corrected chi connectivity index (χ2v) is 5.25. The van der Waals surface area contributed by atoms with Crippen LogP contribution in [-0.2, 0) is 0 Å². The van der Waals surface area contributed by atoms with Crippen LogP contribution in [0.2, 0.25) is 10.0 Å². The van der Waals surface area contributed by atoms with Gasteiger partial charge in [0.25, 0.3) is 0 Å². The summed E-state index contributed by atoms with van der Waals surface area (Å²) in [4.78, 5) is 12.2. The lowest BCUT2D eigenvalue weighted by atomic mass is 10.1. The van der Waals surface area contributed by atoms with Gasteiger partial charge in [0.1, 0.15) is 11.6 Å². The molecule has 0 aliphatic heterocycles. The summed E-state index contributed by atoms with van der Waals surface area (Å²) < 4.78 is 31.7. The van der Waals surface area contributed by atoms with E-state index in [1.807, 2.05) is 0 Å². The summed E-state index contributed by atoms with van der Waals surface area (Å²) in [5, 5.41) is 1.18. The zero-order chi connectivity index (χ0) is 15.1. The van der Waals surface area contributed by atoms with E-state index in [0.717, 1.165) is 12.1 Å². The number of hydrogen-bond donors (Lipinski definition) is 0. The highest BCUT2D eigenvalue weighted by molar-refractivity contribution is 6.38. The minimum Gasteiger partial charge on any atom is -0.451 e. The van der Waals surface area contributed by atoms with E-state index >= 15 is 0 Å². The lowest BCUT2D eigenvalue weighted by molar-refractivity contribution is 0.101. The molecule has 0 saturated carbocycles. The van der Waals surface area contributed by atoms with Gasteiger partial charge in [0.15, 0.2) is 11.3 Å². The Bertz CT molecular complexity index is 851. The van der Waals surface area contributed by atoms with E-state index < -0.39 is 17.4 Å². The predicted molar refractivity (Wildman–Crippen MR) is 76.0 cm³/mol. The summed E-state index contributed by atoms with van der Waals surface area (Å²) in [6.07, 6.45) is 0. The number of halogens is 4. The SMILES string of the molecule is O=C(c1cc(F)cc(F)c1)c1cc2cc(Cl)cc(Cl)c2o1. The molecule has 3 aromatic rings. The van der Waals surface area contributed by atoms with Gasteiger partial charge in [0.05, 0.1) is 5.02 Å². The number of benzene rings is 2. The van der Waals surface area contributed by atoms with Crippen molar-refractivity contribution in [3.63, 3.8) is 0 Å². The standard InChI is InChI=1S/C15H6Cl2F2O2/c16-9-1-8-4-13(21-15(8)12(17)5-9)14(20)7-2-10(18)6-11(19)3-7/h1-6H. The Kier molecular flexibility index (Phi) is 3.43. The fourth-order valence-corrected chi connectivity index (χ4v) is 2.56. The minimum atomic E-state index is -0.837. The molecule has 0 N–H and O–H groups in total. The van der Waals surface area contributed by atoms with Crippen molar-refractivity contribution in [1.29, 1.82) is 0 Å². The molecule has 0 spiro atoms. The molecule has 0 unspecified atom stereocenters. The zero-order valence-corrected chi connectivity index (χ0v) is 11.8. The van der Waals surface area contributed by atoms with Crippen LogP contribution < -0.4 is 0 Å². The van der Waals surface area contributed by atoms with Gasteiger partial charge in [-0.05, 0) is 30.3 Å². The van der Waals surface area contributed by atoms with Crippen LogP contribution in [0.3, 0.4) is 0 Å². The Morgan fingerprint density at radius 1 is 0.952 bits per heavy atom. The predicted octanol–water partition coefficient (Wildman–Crippen LogP) is 5.25. The van der Waals surface area contributed by atoms with Gasteiger partial charge in [-0.3, -0.25) is 4.79 Å². The average Bonchev–Trinajstić information content (AvgIpc) is 2.80. The third-order valence-corrected chi connectivity index (χ3v) is 3.38. The molecule has 1 heterocycles. The molecule has 0 aliphatic carbocycles. The van der Waals surface area contributed by atoms with E-state index in [2.05, 4.69) is 0 Å². The fourth-order valence-electron chi connectivity index (χ4n) is 2.01. The zero-order valence-electron chi connectivity index (χ0n) is 10.3. The number of carbonyl (C=O) groups is 1. The molecule has 0 radical (unpaired) electrons. The molecule has 1 aromatic heterocycles. The van der Waals surface area contributed by atoms with Crippen molar-refractivity contribution in [2.45, 2.75) is 0 Å². The lowest BCUT2D eigenvalue weighted by Crippen LogP contribution is -2.01. The number of fused-ring (bicyclic) bond motifs is 1. The van der Waals surface area contributed by atoms with Gasteiger partial charge in [-0.1, -0.05) is 23.2 Å². The van der Waals surface area contributed by atoms with Gasteiger partial charge in [-0.2, -0.15) is 0 Å². The monoisotopic (exact) mass is 326 g/mol. The van der Waals surface area contributed by atoms with Crippen LogP contribution in [0.25, 0.3) is 11.0 Å². The molecule has 0 amide bonds. The van der Waals surface area contributed by atoms with Gasteiger partial charge in [0.2, 0.25) is 5.78 Å². The molecule has 3 rings (SSSR count). The van der Waals surface area contributed by atoms with Crippen molar-refractivity contribution >= 4 is 40.0 Å². The van der Waals surface area contributed by atoms with E-state index in [9.17, 15) is 13.6 Å². The van der Waals surface area contributed by atoms with Crippen LogP contribution in [0.4, 0.5) is 8.78 Å². The molecule has 0 atom stereocenters. The Hall–Kier alpha value is -1.91. The van der Waals surface area contributed by atoms with E-state index in [4.69, 9.17) is 27.6 Å². The third-order valence-electron chi connectivity index (χ3n) is 2.88. The normalized spacial score (nSPS) is 11.0. The maximum Gasteiger partial charge on any atom is 0.228 e. The second kappa shape index (κ2) is 5.13. The molecule has 6 heteroatoms. The summed E-state index contributed by atoms with van der Waals surface area (Å²) in [7, 11) is 0. The first-order valence-electron chi connectivity index (χ1n) is 5.83. The van der Waals surface area contributed by atoms with Gasteiger partial charge in [0, 0.05) is 22.0 Å². The van der Waals surface area contributed by atoms with E-state index in [1.54, 1.807) is 6.07 Å². The van der Waals surface area contributed by atoms with E-state index in [-0.39, 0.29) is 16.3 Å². The first kappa shape index (κ1) is 14.0. The first-order chi connectivity index (χ1) is 9.94. The van der Waals surface area contributed by atoms with Gasteiger partial charge < -0.3 is 4.42 Å². The Morgan fingerprint density at radius 3 is 2.29 bits per heavy atom. The molecule has 2 aromatic carbocycles. The smallest absolute Gasteiger partial charge is 0.228 e. The molecule has 0 bridgehead atoms. The highest BCUT2D eigenvalue weighted by Gasteiger charge is 2.18. The van der Waals surface area contributed by atoms with Crippen LogP contribution in [0.5, 0.6) is 0 Å². The van der Waals surface area contributed by atoms with Crippen molar-refractivity contribution in [2.24, 2.45) is 0 Å². The minimum absolute atomic E-state index is 0.0702. The van der Waals surface area contributed by atoms with Gasteiger partial charge >= 0.3 is 0 Å². The number of ketones is 1. The largest absolute Gasteiger partial charge is 0.451 e. The third kappa shape index (κ3) is 2.64. The lowest BCUT2D eigenvalue weighted by Gasteiger charge is -1.98. The Morgan fingerprint density at radius 2 is 1.62 bits per heavy atom. The molecular formula is C15H6Cl2F2O2. The molecule has 21 heavy (non-hydrogen) atoms. The highest BCUT2D eigenvalue weighted by Crippen LogP contribution is 2.31. The molecule has 2 nitrogen and oxygen atoms in total. The first-order valence-corrected chi connectivity index (χ1v) is 6.59. The number of carbonyl (C=O) groups excluding carboxylic acids is 1. The second-order valence-electron chi connectivity index (χ2n) is 4.40. The molecule has 0 aliphatic rings. The fraction of sp³-hybridized carbons (Fsp3) is 0. The van der Waals surface area contributed by atoms with Crippen molar-refractivity contribution in [1.82, 2.24) is 0 Å². The van der Waals surface area contributed by atoms with Crippen LogP contribution >= 0.6 is 23.2 Å². The number of furan rings is 1. The Labute approximate surface area is 127 Å². The van der Waals surface area contributed by atoms with Crippen LogP contribution in [0.1, 0.15) is 16.1 Å². The van der Waals surface area contributed by atoms with Crippen molar-refractivity contribution in [2.75, 3.05) is 0 Å². The average molecular weight is 327 g/mol. The van der Waals surface area contributed by atoms with Crippen molar-refractivity contribution in [3.05, 3.63) is 69.4 Å². The van der Waals surface area contributed by atoms with Gasteiger partial charge in [-0.15, -0.1) is 0 Å². The van der Waals surface area contributed by atoms with E-state index in [0.29, 0.717) is 22.1 Å². The topological polar surface area (TPSA) is 30.2 Å². The summed E-state index contributed by atoms with van der Waals surface area (Å²) >= 11 is 11.8. The molecule has 0 saturated heterocycles. The summed E-state index contributed by atoms with van der Waals surface area (Å²) in [6.45, 7) is 0. The molecular weight excluding hydrogens is 321 g/mol. The van der Waals surface area contributed by atoms with Crippen molar-refractivity contribution < 1.29 is 18.0 Å². The molecule has 106 valence electrons. The van der Waals surface area contributed by atoms with E-state index in [1.165, 1.54) is 12.1 Å². The van der Waals surface area contributed by atoms with Crippen LogP contribution in [-0.4, -0.2) is 5.78 Å². The maximum atomic E-state index is 13.2. The van der Waals surface area contributed by atoms with Crippen LogP contribution in [0.15, 0.2) is 40.8 Å². The van der Waals surface area contributed by atoms with Crippen molar-refractivity contribution in [3.8, 4) is 0 Å². The Balaban J connectivity index is 2.11.